The molecule has 0 spiro atoms. The van der Waals surface area contributed by atoms with Crippen molar-refractivity contribution < 1.29 is 9.90 Å². The lowest BCUT2D eigenvalue weighted by Crippen LogP contribution is -2.43. The molecule has 0 saturated heterocycles. The van der Waals surface area contributed by atoms with Gasteiger partial charge in [-0.3, -0.25) is 4.98 Å². The van der Waals surface area contributed by atoms with E-state index in [1.807, 2.05) is 19.1 Å². The van der Waals surface area contributed by atoms with Crippen LogP contribution in [-0.2, 0) is 0 Å². The molecule has 0 bridgehead atoms. The third-order valence-corrected chi connectivity index (χ3v) is 2.47. The standard InChI is InChI=1S/C12H19N3O2/c1-3-11(10-4-6-13-7-5-10)15-12(17)14-9(2)8-16/h4-7,9,11,16H,3,8H2,1-2H3,(H2,14,15,17). The second kappa shape index (κ2) is 6.85. The summed E-state index contributed by atoms with van der Waals surface area (Å²) in [7, 11) is 0. The predicted octanol–water partition coefficient (Wildman–Crippen LogP) is 1.21. The van der Waals surface area contributed by atoms with Crippen LogP contribution >= 0.6 is 0 Å². The minimum Gasteiger partial charge on any atom is -0.394 e. The first-order valence-electron chi connectivity index (χ1n) is 5.75. The number of aliphatic hydroxyl groups excluding tert-OH is 1. The number of carbonyl (C=O) groups excluding carboxylic acids is 1. The third-order valence-electron chi connectivity index (χ3n) is 2.47. The molecule has 2 amide bonds. The Hall–Kier alpha value is -1.62. The molecule has 5 heteroatoms. The molecular formula is C12H19N3O2. The van der Waals surface area contributed by atoms with Crippen LogP contribution in [0.3, 0.4) is 0 Å². The molecule has 0 aliphatic rings. The van der Waals surface area contributed by atoms with Crippen LogP contribution in [0.5, 0.6) is 0 Å². The highest BCUT2D eigenvalue weighted by atomic mass is 16.3. The van der Waals surface area contributed by atoms with E-state index in [4.69, 9.17) is 5.11 Å². The van der Waals surface area contributed by atoms with Crippen LogP contribution in [0.15, 0.2) is 24.5 Å². The number of urea groups is 1. The first kappa shape index (κ1) is 13.4. The van der Waals surface area contributed by atoms with Crippen molar-refractivity contribution in [2.45, 2.75) is 32.4 Å². The van der Waals surface area contributed by atoms with Crippen molar-refractivity contribution in [3.63, 3.8) is 0 Å². The summed E-state index contributed by atoms with van der Waals surface area (Å²) in [6, 6.07) is 3.21. The molecule has 1 rings (SSSR count). The fourth-order valence-electron chi connectivity index (χ4n) is 1.49. The van der Waals surface area contributed by atoms with Gasteiger partial charge in [0.15, 0.2) is 0 Å². The van der Waals surface area contributed by atoms with Crippen LogP contribution in [-0.4, -0.2) is 28.8 Å². The Morgan fingerprint density at radius 2 is 2.06 bits per heavy atom. The van der Waals surface area contributed by atoms with E-state index in [9.17, 15) is 4.79 Å². The largest absolute Gasteiger partial charge is 0.394 e. The smallest absolute Gasteiger partial charge is 0.315 e. The van der Waals surface area contributed by atoms with Gasteiger partial charge in [0.2, 0.25) is 0 Å². The first-order valence-corrected chi connectivity index (χ1v) is 5.75. The molecule has 17 heavy (non-hydrogen) atoms. The molecule has 5 nitrogen and oxygen atoms in total. The number of pyridine rings is 1. The van der Waals surface area contributed by atoms with E-state index in [1.165, 1.54) is 0 Å². The lowest BCUT2D eigenvalue weighted by molar-refractivity contribution is 0.217. The number of amides is 2. The maximum Gasteiger partial charge on any atom is 0.315 e. The van der Waals surface area contributed by atoms with Crippen LogP contribution in [0.4, 0.5) is 4.79 Å². The van der Waals surface area contributed by atoms with E-state index in [0.717, 1.165) is 12.0 Å². The van der Waals surface area contributed by atoms with Gasteiger partial charge < -0.3 is 15.7 Å². The van der Waals surface area contributed by atoms with Crippen LogP contribution in [0.25, 0.3) is 0 Å². The second-order valence-corrected chi connectivity index (χ2v) is 3.94. The van der Waals surface area contributed by atoms with E-state index < -0.39 is 0 Å². The summed E-state index contributed by atoms with van der Waals surface area (Å²) in [5.41, 5.74) is 1.02. The van der Waals surface area contributed by atoms with E-state index in [-0.39, 0.29) is 24.7 Å². The summed E-state index contributed by atoms with van der Waals surface area (Å²) in [5, 5.41) is 14.3. The molecule has 0 fully saturated rings. The van der Waals surface area contributed by atoms with Crippen molar-refractivity contribution in [2.24, 2.45) is 0 Å². The van der Waals surface area contributed by atoms with Crippen LogP contribution < -0.4 is 10.6 Å². The second-order valence-electron chi connectivity index (χ2n) is 3.94. The molecule has 1 heterocycles. The molecule has 0 aliphatic heterocycles. The highest BCUT2D eigenvalue weighted by molar-refractivity contribution is 5.74. The van der Waals surface area contributed by atoms with Gasteiger partial charge in [0.25, 0.3) is 0 Å². The third kappa shape index (κ3) is 4.40. The molecule has 3 N–H and O–H groups in total. The van der Waals surface area contributed by atoms with Crippen LogP contribution in [0.1, 0.15) is 31.9 Å². The number of carbonyl (C=O) groups is 1. The molecule has 0 saturated carbocycles. The molecule has 1 aromatic rings. The maximum atomic E-state index is 11.6. The normalized spacial score (nSPS) is 13.8. The number of nitrogens with one attached hydrogen (secondary N) is 2. The zero-order valence-electron chi connectivity index (χ0n) is 10.2. The van der Waals surface area contributed by atoms with Gasteiger partial charge in [0.05, 0.1) is 18.7 Å². The van der Waals surface area contributed by atoms with Crippen molar-refractivity contribution >= 4 is 6.03 Å². The Morgan fingerprint density at radius 3 is 2.59 bits per heavy atom. The lowest BCUT2D eigenvalue weighted by atomic mass is 10.1. The van der Waals surface area contributed by atoms with Crippen LogP contribution in [0, 0.1) is 0 Å². The number of aromatic nitrogens is 1. The Kier molecular flexibility index (Phi) is 5.42. The molecule has 1 aromatic heterocycles. The number of rotatable bonds is 5. The van der Waals surface area contributed by atoms with Gasteiger partial charge in [0.1, 0.15) is 0 Å². The molecule has 0 radical (unpaired) electrons. The first-order chi connectivity index (χ1) is 8.17. The summed E-state index contributed by atoms with van der Waals surface area (Å²) < 4.78 is 0. The zero-order chi connectivity index (χ0) is 12.7. The number of aliphatic hydroxyl groups is 1. The van der Waals surface area contributed by atoms with Crippen molar-refractivity contribution in [2.75, 3.05) is 6.61 Å². The maximum absolute atomic E-state index is 11.6. The lowest BCUT2D eigenvalue weighted by Gasteiger charge is -2.19. The highest BCUT2D eigenvalue weighted by Crippen LogP contribution is 2.14. The molecule has 2 atom stereocenters. The van der Waals surface area contributed by atoms with Gasteiger partial charge in [-0.1, -0.05) is 6.92 Å². The van der Waals surface area contributed by atoms with Gasteiger partial charge in [-0.2, -0.15) is 0 Å². The molecule has 2 unspecified atom stereocenters. The van der Waals surface area contributed by atoms with E-state index >= 15 is 0 Å². The van der Waals surface area contributed by atoms with Crippen molar-refractivity contribution in [1.82, 2.24) is 15.6 Å². The van der Waals surface area contributed by atoms with Crippen LogP contribution in [0.2, 0.25) is 0 Å². The minimum atomic E-state index is -0.268. The Morgan fingerprint density at radius 1 is 1.41 bits per heavy atom. The number of hydrogen-bond donors (Lipinski definition) is 3. The van der Waals surface area contributed by atoms with E-state index in [0.29, 0.717) is 0 Å². The van der Waals surface area contributed by atoms with Gasteiger partial charge >= 0.3 is 6.03 Å². The Balaban J connectivity index is 2.56. The zero-order valence-corrected chi connectivity index (χ0v) is 10.2. The van der Waals surface area contributed by atoms with Gasteiger partial charge in [-0.15, -0.1) is 0 Å². The summed E-state index contributed by atoms with van der Waals surface area (Å²) in [5.74, 6) is 0. The quantitative estimate of drug-likeness (QED) is 0.720. The molecule has 0 aromatic carbocycles. The fraction of sp³-hybridized carbons (Fsp3) is 0.500. The topological polar surface area (TPSA) is 74.2 Å². The monoisotopic (exact) mass is 237 g/mol. The summed E-state index contributed by atoms with van der Waals surface area (Å²) in [4.78, 5) is 15.5. The van der Waals surface area contributed by atoms with E-state index in [1.54, 1.807) is 19.3 Å². The summed E-state index contributed by atoms with van der Waals surface area (Å²) in [6.45, 7) is 3.67. The van der Waals surface area contributed by atoms with Gasteiger partial charge in [-0.25, -0.2) is 4.79 Å². The number of nitrogens with zero attached hydrogens (tertiary/aromatic N) is 1. The van der Waals surface area contributed by atoms with Crippen molar-refractivity contribution in [3.05, 3.63) is 30.1 Å². The Bertz CT molecular complexity index is 343. The average Bonchev–Trinajstić information content (AvgIpc) is 2.36. The van der Waals surface area contributed by atoms with E-state index in [2.05, 4.69) is 15.6 Å². The predicted molar refractivity (Wildman–Crippen MR) is 65.5 cm³/mol. The van der Waals surface area contributed by atoms with Crippen molar-refractivity contribution in [3.8, 4) is 0 Å². The average molecular weight is 237 g/mol. The molecule has 0 aliphatic carbocycles. The fourth-order valence-corrected chi connectivity index (χ4v) is 1.49. The number of hydrogen-bond acceptors (Lipinski definition) is 3. The SMILES string of the molecule is CCC(NC(=O)NC(C)CO)c1ccncc1. The van der Waals surface area contributed by atoms with Crippen molar-refractivity contribution in [1.29, 1.82) is 0 Å². The minimum absolute atomic E-state index is 0.0381. The highest BCUT2D eigenvalue weighted by Gasteiger charge is 2.13. The summed E-state index contributed by atoms with van der Waals surface area (Å²) >= 11 is 0. The Labute approximate surface area is 101 Å². The van der Waals surface area contributed by atoms with Gasteiger partial charge in [0, 0.05) is 12.4 Å². The summed E-state index contributed by atoms with van der Waals surface area (Å²) in [6.07, 6.45) is 4.20. The molecular weight excluding hydrogens is 218 g/mol. The molecule has 94 valence electrons. The van der Waals surface area contributed by atoms with Gasteiger partial charge in [-0.05, 0) is 31.0 Å².